The first-order valence-electron chi connectivity index (χ1n) is 11.0. The maximum Gasteiger partial charge on any atom is 0.416 e. The number of alkyl halides is 3. The maximum atomic E-state index is 13.0. The average Bonchev–Trinajstić information content (AvgIpc) is 3.27. The Hall–Kier alpha value is -3.77. The van der Waals surface area contributed by atoms with Crippen LogP contribution in [0.1, 0.15) is 12.5 Å². The van der Waals surface area contributed by atoms with Crippen LogP contribution in [0, 0.1) is 0 Å². The third kappa shape index (κ3) is 5.24. The number of rotatable bonds is 5. The number of para-hydroxylation sites is 1. The molecule has 5 rings (SSSR count). The van der Waals surface area contributed by atoms with Gasteiger partial charge < -0.3 is 19.7 Å². The molecule has 0 atom stereocenters. The lowest BCUT2D eigenvalue weighted by Gasteiger charge is -2.27. The number of hydrogen-bond acceptors (Lipinski definition) is 8. The lowest BCUT2D eigenvalue weighted by Crippen LogP contribution is -2.37. The molecule has 0 spiro atoms. The molecule has 0 unspecified atom stereocenters. The summed E-state index contributed by atoms with van der Waals surface area (Å²) in [7, 11) is 0. The van der Waals surface area contributed by atoms with Crippen LogP contribution in [-0.4, -0.2) is 47.2 Å². The number of morpholine rings is 1. The van der Waals surface area contributed by atoms with Crippen LogP contribution in [0.15, 0.2) is 48.5 Å². The number of carbonyl (C=O) groups excluding carboxylic acids is 1. The van der Waals surface area contributed by atoms with E-state index in [2.05, 4.69) is 20.3 Å². The van der Waals surface area contributed by atoms with Crippen molar-refractivity contribution in [3.05, 3.63) is 54.1 Å². The first-order valence-corrected chi connectivity index (χ1v) is 11.8. The minimum absolute atomic E-state index is 0.211. The Balaban J connectivity index is 1.53. The van der Waals surface area contributed by atoms with Gasteiger partial charge in [-0.05, 0) is 24.3 Å². The van der Waals surface area contributed by atoms with Crippen LogP contribution in [0.3, 0.4) is 0 Å². The highest BCUT2D eigenvalue weighted by Gasteiger charge is 2.30. The molecule has 3 heterocycles. The summed E-state index contributed by atoms with van der Waals surface area (Å²) in [5, 5.41) is 3.11. The van der Waals surface area contributed by atoms with Crippen molar-refractivity contribution >= 4 is 38.5 Å². The molecule has 1 fully saturated rings. The molecule has 0 saturated carbocycles. The van der Waals surface area contributed by atoms with Gasteiger partial charge in [-0.2, -0.15) is 18.2 Å². The number of fused-ring (bicyclic) bond motifs is 1. The van der Waals surface area contributed by atoms with Gasteiger partial charge in [0.05, 0.1) is 29.2 Å². The van der Waals surface area contributed by atoms with E-state index in [9.17, 15) is 18.0 Å². The Bertz CT molecular complexity index is 1400. The molecule has 186 valence electrons. The Morgan fingerprint density at radius 3 is 2.53 bits per heavy atom. The topological polar surface area (TPSA) is 89.5 Å². The van der Waals surface area contributed by atoms with Gasteiger partial charge in [-0.1, -0.05) is 29.5 Å². The molecule has 12 heteroatoms. The van der Waals surface area contributed by atoms with Crippen molar-refractivity contribution < 1.29 is 27.4 Å². The van der Waals surface area contributed by atoms with Gasteiger partial charge in [-0.3, -0.25) is 4.79 Å². The first-order chi connectivity index (χ1) is 17.3. The van der Waals surface area contributed by atoms with Gasteiger partial charge in [0.15, 0.2) is 10.9 Å². The quantitative estimate of drug-likeness (QED) is 0.383. The molecule has 1 aliphatic rings. The second-order valence-electron chi connectivity index (χ2n) is 7.97. The fourth-order valence-electron chi connectivity index (χ4n) is 3.67. The highest BCUT2D eigenvalue weighted by molar-refractivity contribution is 7.22. The maximum absolute atomic E-state index is 13.0. The predicted molar refractivity (Wildman–Crippen MR) is 129 cm³/mol. The molecule has 0 radical (unpaired) electrons. The number of hydrogen-bond donors (Lipinski definition) is 1. The van der Waals surface area contributed by atoms with E-state index in [1.165, 1.54) is 30.4 Å². The molecule has 8 nitrogen and oxygen atoms in total. The van der Waals surface area contributed by atoms with Crippen molar-refractivity contribution in [1.82, 2.24) is 15.0 Å². The Morgan fingerprint density at radius 1 is 1.08 bits per heavy atom. The normalized spacial score (nSPS) is 14.2. The van der Waals surface area contributed by atoms with Crippen molar-refractivity contribution in [3.63, 3.8) is 0 Å². The zero-order valence-corrected chi connectivity index (χ0v) is 19.8. The van der Waals surface area contributed by atoms with Crippen LogP contribution < -0.4 is 15.0 Å². The van der Waals surface area contributed by atoms with Gasteiger partial charge in [0.2, 0.25) is 17.7 Å². The van der Waals surface area contributed by atoms with E-state index in [-0.39, 0.29) is 11.8 Å². The number of nitrogens with zero attached hydrogens (tertiary/aromatic N) is 4. The van der Waals surface area contributed by atoms with E-state index < -0.39 is 11.7 Å². The largest absolute Gasteiger partial charge is 0.437 e. The third-order valence-corrected chi connectivity index (χ3v) is 6.31. The van der Waals surface area contributed by atoms with Crippen LogP contribution in [0.5, 0.6) is 11.6 Å². The average molecular weight is 516 g/mol. The summed E-state index contributed by atoms with van der Waals surface area (Å²) in [6.45, 7) is 3.55. The zero-order chi connectivity index (χ0) is 25.3. The van der Waals surface area contributed by atoms with Crippen molar-refractivity contribution in [2.75, 3.05) is 36.5 Å². The SMILES string of the molecule is CC(=O)Nc1nc2c(Oc3cc(-c4ccc(C(F)(F)F)cc4)nc(N4CCOCC4)n3)cccc2s1. The third-order valence-electron chi connectivity index (χ3n) is 5.37. The summed E-state index contributed by atoms with van der Waals surface area (Å²) in [6, 6.07) is 11.8. The van der Waals surface area contributed by atoms with Crippen molar-refractivity contribution in [3.8, 4) is 22.9 Å². The summed E-state index contributed by atoms with van der Waals surface area (Å²) in [5.74, 6) is 0.784. The second-order valence-corrected chi connectivity index (χ2v) is 9.00. The molecule has 1 N–H and O–H groups in total. The van der Waals surface area contributed by atoms with Crippen LogP contribution in [-0.2, 0) is 15.7 Å². The van der Waals surface area contributed by atoms with E-state index in [1.807, 2.05) is 11.0 Å². The smallest absolute Gasteiger partial charge is 0.416 e. The molecule has 1 amide bonds. The summed E-state index contributed by atoms with van der Waals surface area (Å²) in [5.41, 5.74) is 0.716. The van der Waals surface area contributed by atoms with Crippen LogP contribution in [0.2, 0.25) is 0 Å². The fourth-order valence-corrected chi connectivity index (χ4v) is 4.60. The highest BCUT2D eigenvalue weighted by atomic mass is 32.1. The molecular weight excluding hydrogens is 495 g/mol. The summed E-state index contributed by atoms with van der Waals surface area (Å²) >= 11 is 1.31. The van der Waals surface area contributed by atoms with Gasteiger partial charge in [0.25, 0.3) is 0 Å². The van der Waals surface area contributed by atoms with E-state index in [1.54, 1.807) is 18.2 Å². The number of thiazole rings is 1. The number of nitrogens with one attached hydrogen (secondary N) is 1. The lowest BCUT2D eigenvalue weighted by molar-refractivity contribution is -0.137. The van der Waals surface area contributed by atoms with Gasteiger partial charge in [-0.25, -0.2) is 9.97 Å². The molecule has 36 heavy (non-hydrogen) atoms. The molecule has 4 aromatic rings. The summed E-state index contributed by atoms with van der Waals surface area (Å²) < 4.78 is 51.5. The zero-order valence-electron chi connectivity index (χ0n) is 19.0. The fraction of sp³-hybridized carbons (Fsp3) is 0.250. The lowest BCUT2D eigenvalue weighted by atomic mass is 10.1. The minimum Gasteiger partial charge on any atom is -0.437 e. The van der Waals surface area contributed by atoms with Gasteiger partial charge >= 0.3 is 6.18 Å². The van der Waals surface area contributed by atoms with E-state index in [4.69, 9.17) is 9.47 Å². The monoisotopic (exact) mass is 515 g/mol. The standard InChI is InChI=1S/C24H20F3N5O3S/c1-14(33)28-23-31-21-18(3-2-4-19(21)36-23)35-20-13-17(15-5-7-16(8-6-15)24(25,26)27)29-22(30-20)32-9-11-34-12-10-32/h2-8,13H,9-12H2,1H3,(H,28,31,33). The number of halogens is 3. The van der Waals surface area contributed by atoms with Crippen LogP contribution in [0.4, 0.5) is 24.3 Å². The molecule has 0 bridgehead atoms. The molecule has 2 aromatic carbocycles. The van der Waals surface area contributed by atoms with Gasteiger partial charge in [0.1, 0.15) is 5.52 Å². The number of anilines is 2. The summed E-state index contributed by atoms with van der Waals surface area (Å²) in [4.78, 5) is 27.0. The van der Waals surface area contributed by atoms with Crippen LogP contribution in [0.25, 0.3) is 21.5 Å². The van der Waals surface area contributed by atoms with Crippen molar-refractivity contribution in [2.24, 2.45) is 0 Å². The van der Waals surface area contributed by atoms with E-state index in [0.717, 1.165) is 16.8 Å². The number of ether oxygens (including phenoxy) is 2. The molecule has 0 aliphatic carbocycles. The number of amides is 1. The molecule has 2 aromatic heterocycles. The number of aromatic nitrogens is 3. The number of benzene rings is 2. The molecular formula is C24H20F3N5O3S. The molecule has 1 saturated heterocycles. The van der Waals surface area contributed by atoms with Crippen LogP contribution >= 0.6 is 11.3 Å². The van der Waals surface area contributed by atoms with Gasteiger partial charge in [0, 0.05) is 31.6 Å². The minimum atomic E-state index is -4.43. The number of carbonyl (C=O) groups is 1. The van der Waals surface area contributed by atoms with E-state index in [0.29, 0.717) is 59.9 Å². The highest BCUT2D eigenvalue weighted by Crippen LogP contribution is 2.36. The Morgan fingerprint density at radius 2 is 1.83 bits per heavy atom. The van der Waals surface area contributed by atoms with Crippen molar-refractivity contribution in [2.45, 2.75) is 13.1 Å². The van der Waals surface area contributed by atoms with Gasteiger partial charge in [-0.15, -0.1) is 0 Å². The second kappa shape index (κ2) is 9.70. The van der Waals surface area contributed by atoms with E-state index >= 15 is 0 Å². The van der Waals surface area contributed by atoms with Crippen molar-refractivity contribution in [1.29, 1.82) is 0 Å². The first kappa shape index (κ1) is 23.9. The summed E-state index contributed by atoms with van der Waals surface area (Å²) in [6.07, 6.45) is -4.43. The predicted octanol–water partition coefficient (Wildman–Crippen LogP) is 5.36. The Labute approximate surface area is 207 Å². The molecule has 1 aliphatic heterocycles. The Kier molecular flexibility index (Phi) is 6.46.